The van der Waals surface area contributed by atoms with E-state index in [1.807, 2.05) is 0 Å². The van der Waals surface area contributed by atoms with Crippen LogP contribution in [-0.4, -0.2) is 33.4 Å². The number of benzene rings is 1. The maximum atomic E-state index is 5.02. The van der Waals surface area contributed by atoms with Gasteiger partial charge in [-0.2, -0.15) is 0 Å². The lowest BCUT2D eigenvalue weighted by atomic mass is 10.1. The van der Waals surface area contributed by atoms with E-state index in [1.165, 1.54) is 24.1 Å². The van der Waals surface area contributed by atoms with Gasteiger partial charge in [-0.3, -0.25) is 0 Å². The topological polar surface area (TPSA) is 24.5 Å². The van der Waals surface area contributed by atoms with Gasteiger partial charge in [0.05, 0.1) is 6.61 Å². The average molecular weight is 262 g/mol. The molecule has 0 aromatic heterocycles. The summed E-state index contributed by atoms with van der Waals surface area (Å²) >= 11 is 0. The normalized spacial score (nSPS) is 16.4. The van der Waals surface area contributed by atoms with Gasteiger partial charge in [-0.1, -0.05) is 12.1 Å². The number of hydrogen-bond acceptors (Lipinski definition) is 3. The summed E-state index contributed by atoms with van der Waals surface area (Å²) in [7, 11) is 3.93. The van der Waals surface area contributed by atoms with Crippen LogP contribution in [0.1, 0.15) is 25.3 Å². The van der Waals surface area contributed by atoms with Crippen LogP contribution in [0.25, 0.3) is 0 Å². The van der Waals surface area contributed by atoms with E-state index in [4.69, 9.17) is 4.74 Å². The van der Waals surface area contributed by atoms with E-state index in [2.05, 4.69) is 48.5 Å². The lowest BCUT2D eigenvalue weighted by Gasteiger charge is -2.27. The highest BCUT2D eigenvalue weighted by Crippen LogP contribution is 2.36. The van der Waals surface area contributed by atoms with Crippen molar-refractivity contribution in [3.05, 3.63) is 29.8 Å². The molecule has 1 aromatic carbocycles. The third kappa shape index (κ3) is 4.22. The third-order valence-corrected chi connectivity index (χ3v) is 4.07. The van der Waals surface area contributed by atoms with E-state index in [0.29, 0.717) is 6.04 Å². The summed E-state index contributed by atoms with van der Waals surface area (Å²) < 4.78 is 5.02. The minimum absolute atomic E-state index is 0.658. The molecule has 0 saturated heterocycles. The van der Waals surface area contributed by atoms with E-state index in [0.717, 1.165) is 25.6 Å². The molecule has 1 aromatic rings. The number of nitrogens with zero attached hydrogens (tertiary/aromatic N) is 1. The lowest BCUT2D eigenvalue weighted by Crippen LogP contribution is -2.30. The van der Waals surface area contributed by atoms with Gasteiger partial charge < -0.3 is 15.0 Å². The minimum atomic E-state index is 0.658. The van der Waals surface area contributed by atoms with Crippen LogP contribution in [0.2, 0.25) is 0 Å². The molecule has 1 aliphatic carbocycles. The molecule has 1 unspecified atom stereocenters. The summed E-state index contributed by atoms with van der Waals surface area (Å²) in [6.45, 7) is 4.90. The number of rotatable bonds is 8. The fraction of sp³-hybridized carbons (Fsp3) is 0.625. The summed E-state index contributed by atoms with van der Waals surface area (Å²) in [6, 6.07) is 9.54. The van der Waals surface area contributed by atoms with Crippen molar-refractivity contribution in [2.24, 2.45) is 5.92 Å². The molecule has 0 heterocycles. The van der Waals surface area contributed by atoms with Gasteiger partial charge in [-0.25, -0.2) is 0 Å². The van der Waals surface area contributed by atoms with Crippen LogP contribution in [0.3, 0.4) is 0 Å². The van der Waals surface area contributed by atoms with Crippen molar-refractivity contribution in [2.45, 2.75) is 32.4 Å². The van der Waals surface area contributed by atoms with Gasteiger partial charge in [0, 0.05) is 39.0 Å². The van der Waals surface area contributed by atoms with Gasteiger partial charge in [-0.15, -0.1) is 0 Å². The number of ether oxygens (including phenoxy) is 1. The highest BCUT2D eigenvalue weighted by Gasteiger charge is 2.30. The Kier molecular flexibility index (Phi) is 5.23. The molecule has 0 spiro atoms. The highest BCUT2D eigenvalue weighted by molar-refractivity contribution is 5.48. The largest absolute Gasteiger partial charge is 0.383 e. The maximum Gasteiger partial charge on any atom is 0.0587 e. The zero-order chi connectivity index (χ0) is 13.7. The van der Waals surface area contributed by atoms with Crippen LogP contribution in [-0.2, 0) is 11.3 Å². The Morgan fingerprint density at radius 2 is 2.00 bits per heavy atom. The van der Waals surface area contributed by atoms with Crippen molar-refractivity contribution >= 4 is 5.69 Å². The van der Waals surface area contributed by atoms with Gasteiger partial charge in [0.2, 0.25) is 0 Å². The Bertz CT molecular complexity index is 373. The molecule has 0 bridgehead atoms. The number of anilines is 1. The first-order valence-electron chi connectivity index (χ1n) is 7.24. The molecule has 1 saturated carbocycles. The molecule has 106 valence electrons. The number of methoxy groups -OCH3 is 1. The molecule has 0 radical (unpaired) electrons. The molecule has 1 atom stereocenters. The van der Waals surface area contributed by atoms with E-state index in [1.54, 1.807) is 7.11 Å². The molecule has 0 amide bonds. The molecule has 1 fully saturated rings. The zero-order valence-electron chi connectivity index (χ0n) is 12.4. The fourth-order valence-electron chi connectivity index (χ4n) is 2.39. The molecule has 3 heteroatoms. The standard InChI is InChI=1S/C16H26N2O/c1-13(15-6-7-15)18(2)16-8-4-14(5-9-16)12-17-10-11-19-3/h4-5,8-9,13,15,17H,6-7,10-12H2,1-3H3. The van der Waals surface area contributed by atoms with Crippen LogP contribution in [0, 0.1) is 5.92 Å². The second-order valence-electron chi connectivity index (χ2n) is 5.52. The van der Waals surface area contributed by atoms with Gasteiger partial charge in [0.15, 0.2) is 0 Å². The predicted molar refractivity (Wildman–Crippen MR) is 80.6 cm³/mol. The Balaban J connectivity index is 1.83. The van der Waals surface area contributed by atoms with Crippen molar-refractivity contribution < 1.29 is 4.74 Å². The first-order chi connectivity index (χ1) is 9.22. The van der Waals surface area contributed by atoms with Crippen molar-refractivity contribution in [3.63, 3.8) is 0 Å². The Labute approximate surface area is 116 Å². The van der Waals surface area contributed by atoms with Gasteiger partial charge >= 0.3 is 0 Å². The van der Waals surface area contributed by atoms with Gasteiger partial charge in [0.25, 0.3) is 0 Å². The van der Waals surface area contributed by atoms with E-state index >= 15 is 0 Å². The second-order valence-corrected chi connectivity index (χ2v) is 5.52. The quantitative estimate of drug-likeness (QED) is 0.729. The number of nitrogens with one attached hydrogen (secondary N) is 1. The summed E-state index contributed by atoms with van der Waals surface area (Å²) in [5.41, 5.74) is 2.65. The first-order valence-corrected chi connectivity index (χ1v) is 7.24. The van der Waals surface area contributed by atoms with Crippen molar-refractivity contribution in [1.82, 2.24) is 5.32 Å². The molecule has 0 aliphatic heterocycles. The lowest BCUT2D eigenvalue weighted by molar-refractivity contribution is 0.199. The highest BCUT2D eigenvalue weighted by atomic mass is 16.5. The molecule has 19 heavy (non-hydrogen) atoms. The van der Waals surface area contributed by atoms with Crippen LogP contribution >= 0.6 is 0 Å². The van der Waals surface area contributed by atoms with Crippen molar-refractivity contribution in [1.29, 1.82) is 0 Å². The molecule has 1 aliphatic rings. The summed E-state index contributed by atoms with van der Waals surface area (Å²) in [4.78, 5) is 2.40. The third-order valence-electron chi connectivity index (χ3n) is 4.07. The molecular formula is C16H26N2O. The Morgan fingerprint density at radius 3 is 2.58 bits per heavy atom. The monoisotopic (exact) mass is 262 g/mol. The van der Waals surface area contributed by atoms with Gasteiger partial charge in [-0.05, 0) is 43.4 Å². The Hall–Kier alpha value is -1.06. The summed E-state index contributed by atoms with van der Waals surface area (Å²) in [5, 5.41) is 3.36. The first kappa shape index (κ1) is 14.4. The summed E-state index contributed by atoms with van der Waals surface area (Å²) in [5.74, 6) is 0.903. The van der Waals surface area contributed by atoms with Crippen LogP contribution in [0.4, 0.5) is 5.69 Å². The molecular weight excluding hydrogens is 236 g/mol. The van der Waals surface area contributed by atoms with E-state index < -0.39 is 0 Å². The summed E-state index contributed by atoms with van der Waals surface area (Å²) in [6.07, 6.45) is 2.79. The van der Waals surface area contributed by atoms with E-state index in [9.17, 15) is 0 Å². The molecule has 2 rings (SSSR count). The predicted octanol–water partition coefficient (Wildman–Crippen LogP) is 2.66. The smallest absolute Gasteiger partial charge is 0.0587 e. The maximum absolute atomic E-state index is 5.02. The second kappa shape index (κ2) is 6.92. The van der Waals surface area contributed by atoms with Crippen molar-refractivity contribution in [2.75, 3.05) is 32.2 Å². The number of hydrogen-bond donors (Lipinski definition) is 1. The van der Waals surface area contributed by atoms with Crippen LogP contribution in [0.15, 0.2) is 24.3 Å². The van der Waals surface area contributed by atoms with E-state index in [-0.39, 0.29) is 0 Å². The molecule has 1 N–H and O–H groups in total. The SMILES string of the molecule is COCCNCc1ccc(N(C)C(C)C2CC2)cc1. The van der Waals surface area contributed by atoms with Gasteiger partial charge in [0.1, 0.15) is 0 Å². The minimum Gasteiger partial charge on any atom is -0.383 e. The zero-order valence-corrected chi connectivity index (χ0v) is 12.4. The average Bonchev–Trinajstić information content (AvgIpc) is 3.27. The fourth-order valence-corrected chi connectivity index (χ4v) is 2.39. The van der Waals surface area contributed by atoms with Crippen LogP contribution < -0.4 is 10.2 Å². The van der Waals surface area contributed by atoms with Crippen LogP contribution in [0.5, 0.6) is 0 Å². The van der Waals surface area contributed by atoms with Crippen molar-refractivity contribution in [3.8, 4) is 0 Å². The Morgan fingerprint density at radius 1 is 1.32 bits per heavy atom. The molecule has 3 nitrogen and oxygen atoms in total.